The Morgan fingerprint density at radius 2 is 1.08 bits per heavy atom. The summed E-state index contributed by atoms with van der Waals surface area (Å²) in [7, 11) is -0.288. The molecule has 0 radical (unpaired) electrons. The van der Waals surface area contributed by atoms with E-state index in [9.17, 15) is 0 Å². The second-order valence-electron chi connectivity index (χ2n) is 7.85. The van der Waals surface area contributed by atoms with Gasteiger partial charge >= 0.3 is 0 Å². The topological polar surface area (TPSA) is 0 Å². The summed E-state index contributed by atoms with van der Waals surface area (Å²) in [6.45, 7) is 11.5. The van der Waals surface area contributed by atoms with E-state index < -0.39 is 0 Å². The average molecular weight is 338 g/mol. The summed E-state index contributed by atoms with van der Waals surface area (Å²) >= 11 is 0. The summed E-state index contributed by atoms with van der Waals surface area (Å²) in [5, 5.41) is 3.15. The minimum absolute atomic E-state index is 0.288. The third-order valence-electron chi connectivity index (χ3n) is 5.46. The fourth-order valence-corrected chi connectivity index (χ4v) is 7.78. The Balaban J connectivity index is 2.08. The third kappa shape index (κ3) is 3.92. The maximum atomic E-state index is 2.52. The molecule has 1 heteroatoms. The van der Waals surface area contributed by atoms with Gasteiger partial charge < -0.3 is 0 Å². The molecule has 1 aliphatic carbocycles. The van der Waals surface area contributed by atoms with Crippen molar-refractivity contribution in [2.75, 3.05) is 0 Å². The Morgan fingerprint density at radius 1 is 0.708 bits per heavy atom. The number of hydrogen-bond acceptors (Lipinski definition) is 0. The number of rotatable bonds is 4. The molecule has 0 nitrogen and oxygen atoms in total. The van der Waals surface area contributed by atoms with Crippen LogP contribution in [0.2, 0.25) is 0 Å². The Hall–Kier alpha value is -1.13. The zero-order valence-corrected chi connectivity index (χ0v) is 16.8. The fraction of sp³-hybridized carbons (Fsp3) is 0.478. The second kappa shape index (κ2) is 7.40. The van der Waals surface area contributed by atoms with Crippen molar-refractivity contribution in [3.05, 3.63) is 58.7 Å². The first-order valence-corrected chi connectivity index (χ1v) is 10.8. The van der Waals surface area contributed by atoms with Crippen LogP contribution in [0, 0.1) is 33.6 Å². The smallest absolute Gasteiger partial charge is 0.0129 e. The van der Waals surface area contributed by atoms with E-state index in [1.807, 2.05) is 0 Å². The van der Waals surface area contributed by atoms with E-state index in [2.05, 4.69) is 71.0 Å². The minimum Gasteiger partial charge on any atom is -0.0577 e. The van der Waals surface area contributed by atoms with Gasteiger partial charge in [0.1, 0.15) is 0 Å². The molecule has 3 rings (SSSR count). The molecule has 128 valence electrons. The summed E-state index contributed by atoms with van der Waals surface area (Å²) in [4.78, 5) is 0. The van der Waals surface area contributed by atoms with Gasteiger partial charge in [-0.2, -0.15) is 0 Å². The number of benzene rings is 2. The average Bonchev–Trinajstić information content (AvgIpc) is 2.99. The Morgan fingerprint density at radius 3 is 1.46 bits per heavy atom. The predicted molar refractivity (Wildman–Crippen MR) is 109 cm³/mol. The van der Waals surface area contributed by atoms with Gasteiger partial charge in [-0.1, -0.05) is 78.4 Å². The van der Waals surface area contributed by atoms with Crippen molar-refractivity contribution < 1.29 is 0 Å². The molecule has 2 aromatic rings. The summed E-state index contributed by atoms with van der Waals surface area (Å²) in [6, 6.07) is 14.4. The van der Waals surface area contributed by atoms with Crippen LogP contribution < -0.4 is 10.6 Å². The lowest BCUT2D eigenvalue weighted by atomic mass is 10.1. The first kappa shape index (κ1) is 17.7. The van der Waals surface area contributed by atoms with Crippen LogP contribution in [0.4, 0.5) is 0 Å². The van der Waals surface area contributed by atoms with E-state index >= 15 is 0 Å². The molecule has 1 fully saturated rings. The fourth-order valence-electron chi connectivity index (χ4n) is 4.45. The Kier molecular flexibility index (Phi) is 5.46. The maximum Gasteiger partial charge on any atom is -0.0129 e. The molecule has 1 aliphatic rings. The molecule has 1 unspecified atom stereocenters. The van der Waals surface area contributed by atoms with Crippen molar-refractivity contribution in [3.63, 3.8) is 0 Å². The van der Waals surface area contributed by atoms with Crippen LogP contribution >= 0.6 is 7.92 Å². The number of hydrogen-bond donors (Lipinski definition) is 0. The Bertz CT molecular complexity index is 618. The molecule has 0 amide bonds. The molecule has 2 aromatic carbocycles. The molecule has 1 atom stereocenters. The standard InChI is InChI=1S/C23H31P/c1-16-10-17(2)13-22(12-16)24(20(5)21-8-6-7-9-21)23-14-18(3)11-19(4)15-23/h10-15,20-21H,6-9H2,1-5H3. The van der Waals surface area contributed by atoms with E-state index in [0.29, 0.717) is 0 Å². The third-order valence-corrected chi connectivity index (χ3v) is 8.32. The zero-order chi connectivity index (χ0) is 17.3. The van der Waals surface area contributed by atoms with Crippen LogP contribution in [0.5, 0.6) is 0 Å². The highest BCUT2D eigenvalue weighted by Gasteiger charge is 2.30. The molecule has 0 aromatic heterocycles. The van der Waals surface area contributed by atoms with Crippen LogP contribution in [-0.4, -0.2) is 5.66 Å². The van der Waals surface area contributed by atoms with Crippen molar-refractivity contribution in [2.45, 2.75) is 66.0 Å². The highest BCUT2D eigenvalue weighted by molar-refractivity contribution is 7.73. The van der Waals surface area contributed by atoms with Crippen LogP contribution in [0.1, 0.15) is 54.9 Å². The van der Waals surface area contributed by atoms with Gasteiger partial charge in [-0.05, 0) is 70.6 Å². The van der Waals surface area contributed by atoms with Crippen LogP contribution in [0.15, 0.2) is 36.4 Å². The van der Waals surface area contributed by atoms with E-state index in [1.54, 1.807) is 10.6 Å². The SMILES string of the molecule is Cc1cc(C)cc(P(c2cc(C)cc(C)c2)C(C)C2CCCC2)c1. The lowest BCUT2D eigenvalue weighted by molar-refractivity contribution is 0.540. The van der Waals surface area contributed by atoms with Crippen molar-refractivity contribution in [3.8, 4) is 0 Å². The lowest BCUT2D eigenvalue weighted by Gasteiger charge is -2.31. The van der Waals surface area contributed by atoms with Crippen molar-refractivity contribution in [1.82, 2.24) is 0 Å². The van der Waals surface area contributed by atoms with Gasteiger partial charge in [0.2, 0.25) is 0 Å². The maximum absolute atomic E-state index is 2.52. The quantitative estimate of drug-likeness (QED) is 0.606. The molecule has 0 aliphatic heterocycles. The molecule has 0 saturated heterocycles. The molecular weight excluding hydrogens is 307 g/mol. The minimum atomic E-state index is -0.288. The molecule has 24 heavy (non-hydrogen) atoms. The van der Waals surface area contributed by atoms with Gasteiger partial charge in [-0.15, -0.1) is 0 Å². The van der Waals surface area contributed by atoms with Gasteiger partial charge in [-0.3, -0.25) is 0 Å². The molecular formula is C23H31P. The van der Waals surface area contributed by atoms with Gasteiger partial charge in [0.15, 0.2) is 0 Å². The summed E-state index contributed by atoms with van der Waals surface area (Å²) in [5.74, 6) is 0.901. The van der Waals surface area contributed by atoms with Gasteiger partial charge in [0.25, 0.3) is 0 Å². The van der Waals surface area contributed by atoms with Crippen LogP contribution in [-0.2, 0) is 0 Å². The first-order valence-electron chi connectivity index (χ1n) is 9.40. The van der Waals surface area contributed by atoms with E-state index in [-0.39, 0.29) is 7.92 Å². The zero-order valence-electron chi connectivity index (χ0n) is 15.9. The molecule has 0 spiro atoms. The Labute approximate surface area is 149 Å². The van der Waals surface area contributed by atoms with E-state index in [0.717, 1.165) is 11.6 Å². The summed E-state index contributed by atoms with van der Waals surface area (Å²) in [6.07, 6.45) is 5.71. The van der Waals surface area contributed by atoms with Crippen molar-refractivity contribution >= 4 is 18.5 Å². The van der Waals surface area contributed by atoms with Gasteiger partial charge in [0, 0.05) is 0 Å². The monoisotopic (exact) mass is 338 g/mol. The lowest BCUT2D eigenvalue weighted by Crippen LogP contribution is -2.25. The molecule has 1 saturated carbocycles. The first-order chi connectivity index (χ1) is 11.4. The van der Waals surface area contributed by atoms with E-state index in [1.165, 1.54) is 47.9 Å². The van der Waals surface area contributed by atoms with E-state index in [4.69, 9.17) is 0 Å². The van der Waals surface area contributed by atoms with Gasteiger partial charge in [0.05, 0.1) is 0 Å². The second-order valence-corrected chi connectivity index (χ2v) is 10.4. The van der Waals surface area contributed by atoms with Crippen LogP contribution in [0.3, 0.4) is 0 Å². The van der Waals surface area contributed by atoms with Crippen molar-refractivity contribution in [2.24, 2.45) is 5.92 Å². The highest BCUT2D eigenvalue weighted by Crippen LogP contribution is 2.47. The summed E-state index contributed by atoms with van der Waals surface area (Å²) < 4.78 is 0. The largest absolute Gasteiger partial charge is 0.0577 e. The summed E-state index contributed by atoms with van der Waals surface area (Å²) in [5.41, 5.74) is 6.38. The van der Waals surface area contributed by atoms with Gasteiger partial charge in [-0.25, -0.2) is 0 Å². The molecule has 0 N–H and O–H groups in total. The highest BCUT2D eigenvalue weighted by atomic mass is 31.1. The normalized spacial score (nSPS) is 16.8. The molecule has 0 heterocycles. The van der Waals surface area contributed by atoms with Crippen molar-refractivity contribution in [1.29, 1.82) is 0 Å². The predicted octanol–water partition coefficient (Wildman–Crippen LogP) is 5.93. The van der Waals surface area contributed by atoms with Crippen LogP contribution in [0.25, 0.3) is 0 Å². The molecule has 0 bridgehead atoms. The number of aryl methyl sites for hydroxylation is 4.